The summed E-state index contributed by atoms with van der Waals surface area (Å²) in [7, 11) is 0. The lowest BCUT2D eigenvalue weighted by molar-refractivity contribution is -0.122. The predicted molar refractivity (Wildman–Crippen MR) is 47.4 cm³/mol. The molecule has 1 amide bonds. The molecule has 2 heterocycles. The third-order valence-electron chi connectivity index (χ3n) is 1.79. The van der Waals surface area contributed by atoms with Gasteiger partial charge >= 0.3 is 0 Å². The molecule has 0 aliphatic carbocycles. The number of nitrogens with two attached hydrogens (primary N) is 1. The van der Waals surface area contributed by atoms with Crippen LogP contribution in [0.4, 0.5) is 11.5 Å². The Morgan fingerprint density at radius 2 is 2.46 bits per heavy atom. The van der Waals surface area contributed by atoms with Crippen molar-refractivity contribution in [3.63, 3.8) is 0 Å². The molecule has 5 heteroatoms. The lowest BCUT2D eigenvalue weighted by Gasteiger charge is -2.22. The quantitative estimate of drug-likeness (QED) is 0.603. The second kappa shape index (κ2) is 2.62. The number of aromatic nitrogens is 1. The third kappa shape index (κ3) is 1.28. The van der Waals surface area contributed by atoms with Crippen LogP contribution in [-0.4, -0.2) is 17.0 Å². The van der Waals surface area contributed by atoms with Gasteiger partial charge in [-0.2, -0.15) is 0 Å². The van der Waals surface area contributed by atoms with Crippen LogP contribution in [0.5, 0.6) is 5.75 Å². The Morgan fingerprint density at radius 1 is 1.69 bits per heavy atom. The average Bonchev–Trinajstić information content (AvgIpc) is 2.08. The molecule has 3 N–H and O–H groups in total. The third-order valence-corrected chi connectivity index (χ3v) is 1.79. The van der Waals surface area contributed by atoms with Crippen molar-refractivity contribution >= 4 is 17.4 Å². The Labute approximate surface area is 74.9 Å². The van der Waals surface area contributed by atoms with Crippen molar-refractivity contribution < 1.29 is 9.53 Å². The second-order valence-corrected chi connectivity index (χ2v) is 2.86. The number of fused-ring (bicyclic) bond motifs is 1. The van der Waals surface area contributed by atoms with Crippen LogP contribution in [0, 0.1) is 0 Å². The van der Waals surface area contributed by atoms with Crippen molar-refractivity contribution in [2.75, 3.05) is 11.1 Å². The summed E-state index contributed by atoms with van der Waals surface area (Å²) >= 11 is 0. The van der Waals surface area contributed by atoms with Gasteiger partial charge in [0.05, 0.1) is 11.9 Å². The number of nitrogens with zero attached hydrogens (tertiary/aromatic N) is 1. The zero-order chi connectivity index (χ0) is 9.42. The van der Waals surface area contributed by atoms with Gasteiger partial charge in [0, 0.05) is 6.07 Å². The summed E-state index contributed by atoms with van der Waals surface area (Å²) in [6, 6.07) is 1.64. The highest BCUT2D eigenvalue weighted by Crippen LogP contribution is 2.28. The smallest absolute Gasteiger partial charge is 0.266 e. The molecule has 5 nitrogen and oxygen atoms in total. The van der Waals surface area contributed by atoms with Crippen LogP contribution in [0.25, 0.3) is 0 Å². The normalized spacial score (nSPS) is 20.1. The van der Waals surface area contributed by atoms with Crippen LogP contribution < -0.4 is 15.8 Å². The van der Waals surface area contributed by atoms with Gasteiger partial charge in [0.25, 0.3) is 5.91 Å². The number of amides is 1. The molecule has 1 aromatic heterocycles. The van der Waals surface area contributed by atoms with E-state index in [2.05, 4.69) is 10.3 Å². The molecule has 1 aliphatic heterocycles. The van der Waals surface area contributed by atoms with E-state index in [0.29, 0.717) is 17.3 Å². The SMILES string of the molecule is CC1Oc2cc(N)cnc2NC1=O. The minimum absolute atomic E-state index is 0.190. The van der Waals surface area contributed by atoms with Crippen molar-refractivity contribution in [1.82, 2.24) is 4.98 Å². The van der Waals surface area contributed by atoms with Crippen LogP contribution in [-0.2, 0) is 4.79 Å². The molecule has 1 aliphatic rings. The summed E-state index contributed by atoms with van der Waals surface area (Å²) in [5.41, 5.74) is 6.02. The Hall–Kier alpha value is -1.78. The van der Waals surface area contributed by atoms with E-state index in [1.807, 2.05) is 0 Å². The molecular weight excluding hydrogens is 170 g/mol. The number of carbonyl (C=O) groups excluding carboxylic acids is 1. The first-order valence-electron chi connectivity index (χ1n) is 3.90. The molecule has 1 atom stereocenters. The van der Waals surface area contributed by atoms with Crippen molar-refractivity contribution in [3.8, 4) is 5.75 Å². The lowest BCUT2D eigenvalue weighted by Crippen LogP contribution is -2.34. The van der Waals surface area contributed by atoms with Crippen LogP contribution in [0.1, 0.15) is 6.92 Å². The number of hydrogen-bond acceptors (Lipinski definition) is 4. The topological polar surface area (TPSA) is 77.2 Å². The van der Waals surface area contributed by atoms with Crippen molar-refractivity contribution in [3.05, 3.63) is 12.3 Å². The molecular formula is C8H9N3O2. The highest BCUT2D eigenvalue weighted by molar-refractivity contribution is 5.96. The summed E-state index contributed by atoms with van der Waals surface area (Å²) in [6.45, 7) is 1.67. The van der Waals surface area contributed by atoms with Crippen LogP contribution in [0.2, 0.25) is 0 Å². The molecule has 0 spiro atoms. The van der Waals surface area contributed by atoms with Gasteiger partial charge in [-0.3, -0.25) is 4.79 Å². The Morgan fingerprint density at radius 3 is 3.23 bits per heavy atom. The van der Waals surface area contributed by atoms with Crippen molar-refractivity contribution in [2.24, 2.45) is 0 Å². The minimum Gasteiger partial charge on any atom is -0.477 e. The first-order chi connectivity index (χ1) is 6.16. The Balaban J connectivity index is 2.42. The maximum Gasteiger partial charge on any atom is 0.266 e. The lowest BCUT2D eigenvalue weighted by atomic mass is 10.3. The molecule has 0 saturated heterocycles. The fourth-order valence-corrected chi connectivity index (χ4v) is 1.11. The molecule has 0 fully saturated rings. The maximum absolute atomic E-state index is 11.1. The summed E-state index contributed by atoms with van der Waals surface area (Å²) in [6.07, 6.45) is 0.981. The Bertz CT molecular complexity index is 364. The first kappa shape index (κ1) is 7.85. The fourth-order valence-electron chi connectivity index (χ4n) is 1.11. The molecule has 0 bridgehead atoms. The number of nitrogens with one attached hydrogen (secondary N) is 1. The highest BCUT2D eigenvalue weighted by Gasteiger charge is 2.24. The van der Waals surface area contributed by atoms with Gasteiger partial charge in [0.15, 0.2) is 17.7 Å². The molecule has 2 rings (SSSR count). The molecule has 1 unspecified atom stereocenters. The fraction of sp³-hybridized carbons (Fsp3) is 0.250. The van der Waals surface area contributed by atoms with Crippen molar-refractivity contribution in [2.45, 2.75) is 13.0 Å². The molecule has 0 aromatic carbocycles. The number of carbonyl (C=O) groups is 1. The van der Waals surface area contributed by atoms with E-state index >= 15 is 0 Å². The van der Waals surface area contributed by atoms with Gasteiger partial charge in [-0.25, -0.2) is 4.98 Å². The molecule has 13 heavy (non-hydrogen) atoms. The van der Waals surface area contributed by atoms with Gasteiger partial charge in [-0.05, 0) is 6.92 Å². The number of ether oxygens (including phenoxy) is 1. The molecule has 1 aromatic rings. The summed E-state index contributed by atoms with van der Waals surface area (Å²) in [5, 5.41) is 2.61. The number of anilines is 2. The van der Waals surface area contributed by atoms with E-state index in [1.54, 1.807) is 13.0 Å². The van der Waals surface area contributed by atoms with Crippen LogP contribution in [0.15, 0.2) is 12.3 Å². The standard InChI is InChI=1S/C8H9N3O2/c1-4-8(12)11-7-6(13-4)2-5(9)3-10-7/h2-4H,9H2,1H3,(H,10,11,12). The van der Waals surface area contributed by atoms with E-state index < -0.39 is 6.10 Å². The zero-order valence-electron chi connectivity index (χ0n) is 7.07. The number of rotatable bonds is 0. The molecule has 0 saturated carbocycles. The van der Waals surface area contributed by atoms with Gasteiger partial charge in [-0.1, -0.05) is 0 Å². The zero-order valence-corrected chi connectivity index (χ0v) is 7.07. The van der Waals surface area contributed by atoms with Crippen LogP contribution >= 0.6 is 0 Å². The van der Waals surface area contributed by atoms with Crippen LogP contribution in [0.3, 0.4) is 0 Å². The summed E-state index contributed by atoms with van der Waals surface area (Å²) < 4.78 is 5.27. The second-order valence-electron chi connectivity index (χ2n) is 2.86. The van der Waals surface area contributed by atoms with Crippen molar-refractivity contribution in [1.29, 1.82) is 0 Å². The number of nitrogen functional groups attached to an aromatic ring is 1. The van der Waals surface area contributed by atoms with E-state index in [4.69, 9.17) is 10.5 Å². The number of hydrogen-bond donors (Lipinski definition) is 2. The average molecular weight is 179 g/mol. The minimum atomic E-state index is -0.490. The van der Waals surface area contributed by atoms with Gasteiger partial charge in [0.2, 0.25) is 0 Å². The van der Waals surface area contributed by atoms with Gasteiger partial charge < -0.3 is 15.8 Å². The van der Waals surface area contributed by atoms with E-state index in [9.17, 15) is 4.79 Å². The predicted octanol–water partition coefficient (Wildman–Crippen LogP) is 0.383. The summed E-state index contributed by atoms with van der Waals surface area (Å²) in [5.74, 6) is 0.758. The number of pyridine rings is 1. The first-order valence-corrected chi connectivity index (χ1v) is 3.90. The molecule has 68 valence electrons. The largest absolute Gasteiger partial charge is 0.477 e. The highest BCUT2D eigenvalue weighted by atomic mass is 16.5. The van der Waals surface area contributed by atoms with E-state index in [1.165, 1.54) is 6.20 Å². The Kier molecular flexibility index (Phi) is 1.58. The maximum atomic E-state index is 11.1. The van der Waals surface area contributed by atoms with Gasteiger partial charge in [-0.15, -0.1) is 0 Å². The molecule has 0 radical (unpaired) electrons. The monoisotopic (exact) mass is 179 g/mol. The van der Waals surface area contributed by atoms with E-state index in [-0.39, 0.29) is 5.91 Å². The van der Waals surface area contributed by atoms with E-state index in [0.717, 1.165) is 0 Å². The summed E-state index contributed by atoms with van der Waals surface area (Å²) in [4.78, 5) is 15.1. The van der Waals surface area contributed by atoms with Gasteiger partial charge in [0.1, 0.15) is 0 Å².